The van der Waals surface area contributed by atoms with Gasteiger partial charge >= 0.3 is 17.1 Å². The van der Waals surface area contributed by atoms with Gasteiger partial charge in [0.1, 0.15) is 12.4 Å². The molecule has 11 heteroatoms. The zero-order chi connectivity index (χ0) is 24.3. The molecule has 33 heavy (non-hydrogen) atoms. The predicted octanol–water partition coefficient (Wildman–Crippen LogP) is 1.30. The summed E-state index contributed by atoms with van der Waals surface area (Å²) in [5.41, 5.74) is -0.443. The fourth-order valence-electron chi connectivity index (χ4n) is 3.39. The number of aromatic nitrogens is 2. The smallest absolute Gasteiger partial charge is 0.337 e. The Bertz CT molecular complexity index is 1420. The van der Waals surface area contributed by atoms with Gasteiger partial charge in [-0.15, -0.1) is 0 Å². The van der Waals surface area contributed by atoms with Gasteiger partial charge in [-0.1, -0.05) is 6.07 Å². The number of benzene rings is 2. The SMILES string of the molecule is CCn1c(=O)c(=O)n(CCOc2cccc(C(=O)OC)c2)c2cc(S(=O)(=O)N(C)C)ccc21. The number of esters is 1. The number of rotatable bonds is 8. The summed E-state index contributed by atoms with van der Waals surface area (Å²) in [5.74, 6) is -0.131. The van der Waals surface area contributed by atoms with E-state index in [4.69, 9.17) is 4.74 Å². The maximum Gasteiger partial charge on any atom is 0.337 e. The van der Waals surface area contributed by atoms with Gasteiger partial charge < -0.3 is 14.0 Å². The minimum Gasteiger partial charge on any atom is -0.492 e. The van der Waals surface area contributed by atoms with Gasteiger partial charge in [0.15, 0.2) is 0 Å². The first-order valence-electron chi connectivity index (χ1n) is 10.1. The Morgan fingerprint density at radius 1 is 1.00 bits per heavy atom. The monoisotopic (exact) mass is 475 g/mol. The molecule has 0 saturated heterocycles. The number of ether oxygens (including phenoxy) is 2. The van der Waals surface area contributed by atoms with Crippen molar-refractivity contribution in [1.29, 1.82) is 0 Å². The molecule has 0 amide bonds. The van der Waals surface area contributed by atoms with Gasteiger partial charge in [0.2, 0.25) is 10.0 Å². The predicted molar refractivity (Wildman–Crippen MR) is 122 cm³/mol. The maximum absolute atomic E-state index is 12.8. The lowest BCUT2D eigenvalue weighted by Crippen LogP contribution is -2.42. The van der Waals surface area contributed by atoms with Crippen molar-refractivity contribution in [2.75, 3.05) is 27.8 Å². The van der Waals surface area contributed by atoms with E-state index < -0.39 is 27.1 Å². The van der Waals surface area contributed by atoms with Gasteiger partial charge in [-0.3, -0.25) is 14.2 Å². The molecule has 0 atom stereocenters. The molecule has 0 spiro atoms. The number of carbonyl (C=O) groups excluding carboxylic acids is 1. The lowest BCUT2D eigenvalue weighted by atomic mass is 10.2. The van der Waals surface area contributed by atoms with Crippen LogP contribution in [0, 0.1) is 0 Å². The number of hydrogen-bond donors (Lipinski definition) is 0. The molecule has 0 aliphatic rings. The highest BCUT2D eigenvalue weighted by molar-refractivity contribution is 7.89. The second-order valence-corrected chi connectivity index (χ2v) is 9.46. The first-order chi connectivity index (χ1) is 15.6. The molecule has 0 radical (unpaired) electrons. The number of carbonyl (C=O) groups is 1. The Labute approximate surface area is 190 Å². The van der Waals surface area contributed by atoms with Crippen molar-refractivity contribution in [2.24, 2.45) is 0 Å². The van der Waals surface area contributed by atoms with Crippen molar-refractivity contribution in [3.63, 3.8) is 0 Å². The van der Waals surface area contributed by atoms with Crippen LogP contribution in [0.2, 0.25) is 0 Å². The topological polar surface area (TPSA) is 117 Å². The molecule has 176 valence electrons. The van der Waals surface area contributed by atoms with Crippen molar-refractivity contribution in [3.8, 4) is 5.75 Å². The van der Waals surface area contributed by atoms with E-state index in [1.165, 1.54) is 54.6 Å². The second kappa shape index (κ2) is 9.59. The molecule has 0 unspecified atom stereocenters. The minimum absolute atomic E-state index is 0.000130. The summed E-state index contributed by atoms with van der Waals surface area (Å²) in [7, 11) is 0.348. The summed E-state index contributed by atoms with van der Waals surface area (Å²) < 4.78 is 39.2. The summed E-state index contributed by atoms with van der Waals surface area (Å²) in [6.07, 6.45) is 0. The van der Waals surface area contributed by atoms with E-state index in [1.807, 2.05) is 0 Å². The molecule has 10 nitrogen and oxygen atoms in total. The Morgan fingerprint density at radius 2 is 1.70 bits per heavy atom. The van der Waals surface area contributed by atoms with Crippen LogP contribution in [0.4, 0.5) is 0 Å². The van der Waals surface area contributed by atoms with Crippen LogP contribution in [0.25, 0.3) is 11.0 Å². The van der Waals surface area contributed by atoms with Crippen molar-refractivity contribution < 1.29 is 22.7 Å². The first kappa shape index (κ1) is 24.2. The number of nitrogens with zero attached hydrogens (tertiary/aromatic N) is 3. The molecule has 3 aromatic rings. The Balaban J connectivity index is 2.03. The highest BCUT2D eigenvalue weighted by Gasteiger charge is 2.20. The largest absolute Gasteiger partial charge is 0.492 e. The molecule has 0 saturated carbocycles. The summed E-state index contributed by atoms with van der Waals surface area (Å²) in [5, 5.41) is 0. The third-order valence-corrected chi connectivity index (χ3v) is 6.95. The Hall–Kier alpha value is -3.44. The third kappa shape index (κ3) is 4.69. The van der Waals surface area contributed by atoms with Crippen LogP contribution in [0.1, 0.15) is 17.3 Å². The Kier molecular flexibility index (Phi) is 7.04. The molecular weight excluding hydrogens is 450 g/mol. The van der Waals surface area contributed by atoms with E-state index in [1.54, 1.807) is 25.1 Å². The zero-order valence-corrected chi connectivity index (χ0v) is 19.6. The quantitative estimate of drug-likeness (QED) is 0.356. The van der Waals surface area contributed by atoms with Gasteiger partial charge in [0, 0.05) is 20.6 Å². The van der Waals surface area contributed by atoms with Gasteiger partial charge in [0.25, 0.3) is 0 Å². The fraction of sp³-hybridized carbons (Fsp3) is 0.318. The summed E-state index contributed by atoms with van der Waals surface area (Å²) >= 11 is 0. The number of hydrogen-bond acceptors (Lipinski definition) is 7. The third-order valence-electron chi connectivity index (χ3n) is 5.14. The summed E-state index contributed by atoms with van der Waals surface area (Å²) in [6, 6.07) is 10.7. The van der Waals surface area contributed by atoms with E-state index in [-0.39, 0.29) is 24.6 Å². The number of fused-ring (bicyclic) bond motifs is 1. The summed E-state index contributed by atoms with van der Waals surface area (Å²) in [4.78, 5) is 37.2. The average molecular weight is 476 g/mol. The van der Waals surface area contributed by atoms with Crippen molar-refractivity contribution >= 4 is 27.0 Å². The van der Waals surface area contributed by atoms with Crippen LogP contribution in [0.15, 0.2) is 56.9 Å². The zero-order valence-electron chi connectivity index (χ0n) is 18.8. The normalized spacial score (nSPS) is 11.7. The average Bonchev–Trinajstić information content (AvgIpc) is 2.81. The van der Waals surface area contributed by atoms with E-state index >= 15 is 0 Å². The molecule has 0 N–H and O–H groups in total. The first-order valence-corrected chi connectivity index (χ1v) is 11.6. The fourth-order valence-corrected chi connectivity index (χ4v) is 4.31. The van der Waals surface area contributed by atoms with Gasteiger partial charge in [0.05, 0.1) is 35.1 Å². The van der Waals surface area contributed by atoms with E-state index in [0.717, 1.165) is 4.31 Å². The molecule has 1 heterocycles. The lowest BCUT2D eigenvalue weighted by Gasteiger charge is -2.17. The van der Waals surface area contributed by atoms with Crippen LogP contribution in [-0.2, 0) is 27.8 Å². The van der Waals surface area contributed by atoms with E-state index in [2.05, 4.69) is 4.74 Å². The molecule has 2 aromatic carbocycles. The highest BCUT2D eigenvalue weighted by Crippen LogP contribution is 2.20. The lowest BCUT2D eigenvalue weighted by molar-refractivity contribution is 0.0600. The van der Waals surface area contributed by atoms with Crippen LogP contribution in [0.3, 0.4) is 0 Å². The molecule has 0 aliphatic carbocycles. The van der Waals surface area contributed by atoms with Gasteiger partial charge in [-0.2, -0.15) is 0 Å². The van der Waals surface area contributed by atoms with Crippen LogP contribution in [0.5, 0.6) is 5.75 Å². The number of aryl methyl sites for hydroxylation is 1. The van der Waals surface area contributed by atoms with Crippen LogP contribution < -0.4 is 15.9 Å². The molecule has 0 aliphatic heterocycles. The Morgan fingerprint density at radius 3 is 2.33 bits per heavy atom. The highest BCUT2D eigenvalue weighted by atomic mass is 32.2. The minimum atomic E-state index is -3.75. The number of methoxy groups -OCH3 is 1. The van der Waals surface area contributed by atoms with Crippen molar-refractivity contribution in [1.82, 2.24) is 13.4 Å². The standard InChI is InChI=1S/C22H25N3O7S/c1-5-24-18-10-9-17(33(29,30)23(2)3)14-19(18)25(21(27)20(24)26)11-12-32-16-8-6-7-15(13-16)22(28)31-4/h6-10,13-14H,5,11-12H2,1-4H3. The van der Waals surface area contributed by atoms with Crippen molar-refractivity contribution in [3.05, 3.63) is 68.7 Å². The van der Waals surface area contributed by atoms with Crippen LogP contribution >= 0.6 is 0 Å². The maximum atomic E-state index is 12.8. The van der Waals surface area contributed by atoms with Crippen molar-refractivity contribution in [2.45, 2.75) is 24.9 Å². The van der Waals surface area contributed by atoms with Crippen LogP contribution in [-0.4, -0.2) is 55.6 Å². The molecule has 0 bridgehead atoms. The van der Waals surface area contributed by atoms with E-state index in [0.29, 0.717) is 22.3 Å². The molecule has 1 aromatic heterocycles. The molecular formula is C22H25N3O7S. The summed E-state index contributed by atoms with van der Waals surface area (Å²) in [6.45, 7) is 1.97. The molecule has 3 rings (SSSR count). The molecule has 0 fully saturated rings. The second-order valence-electron chi connectivity index (χ2n) is 7.31. The van der Waals surface area contributed by atoms with E-state index in [9.17, 15) is 22.8 Å². The van der Waals surface area contributed by atoms with Gasteiger partial charge in [-0.05, 0) is 43.3 Å². The van der Waals surface area contributed by atoms with Gasteiger partial charge in [-0.25, -0.2) is 17.5 Å². The number of sulfonamides is 1.